The topological polar surface area (TPSA) is 17.1 Å². The van der Waals surface area contributed by atoms with Gasteiger partial charge >= 0.3 is 0 Å². The third kappa shape index (κ3) is 2.88. The number of hydrogen-bond acceptors (Lipinski definition) is 1. The van der Waals surface area contributed by atoms with Gasteiger partial charge in [-0.15, -0.1) is 5.92 Å². The standard InChI is InChI=1S/C12H18O/c1-3-5-6-12(13)11-8-7-10(4-2)9-11/h10-11H,4,6-9H2,1-2H3. The van der Waals surface area contributed by atoms with Crippen LogP contribution in [0.2, 0.25) is 0 Å². The Bertz CT molecular complexity index is 231. The van der Waals surface area contributed by atoms with Crippen LogP contribution in [0.4, 0.5) is 0 Å². The fraction of sp³-hybridized carbons (Fsp3) is 0.750. The van der Waals surface area contributed by atoms with E-state index in [9.17, 15) is 4.79 Å². The second kappa shape index (κ2) is 5.07. The average Bonchev–Trinajstić information content (AvgIpc) is 2.62. The summed E-state index contributed by atoms with van der Waals surface area (Å²) in [5.74, 6) is 7.12. The first-order valence-corrected chi connectivity index (χ1v) is 5.20. The van der Waals surface area contributed by atoms with Gasteiger partial charge in [-0.2, -0.15) is 0 Å². The number of Topliss-reactive ketones (excluding diaryl/α,β-unsaturated/α-hetero) is 1. The highest BCUT2D eigenvalue weighted by Crippen LogP contribution is 2.33. The molecule has 2 unspecified atom stereocenters. The molecule has 0 aliphatic heterocycles. The van der Waals surface area contributed by atoms with Crippen molar-refractivity contribution < 1.29 is 4.79 Å². The zero-order valence-corrected chi connectivity index (χ0v) is 8.60. The molecule has 2 atom stereocenters. The Kier molecular flexibility index (Phi) is 4.02. The number of carbonyl (C=O) groups excluding carboxylic acids is 1. The van der Waals surface area contributed by atoms with E-state index in [1.54, 1.807) is 6.92 Å². The van der Waals surface area contributed by atoms with Gasteiger partial charge in [0.1, 0.15) is 5.78 Å². The van der Waals surface area contributed by atoms with Gasteiger partial charge in [0.15, 0.2) is 0 Å². The highest BCUT2D eigenvalue weighted by molar-refractivity contribution is 5.83. The van der Waals surface area contributed by atoms with E-state index in [1.165, 1.54) is 12.8 Å². The summed E-state index contributed by atoms with van der Waals surface area (Å²) in [6.07, 6.45) is 5.15. The van der Waals surface area contributed by atoms with Gasteiger partial charge in [0.2, 0.25) is 0 Å². The molecule has 72 valence electrons. The molecule has 1 rings (SSSR count). The molecule has 1 aliphatic carbocycles. The van der Waals surface area contributed by atoms with Crippen molar-refractivity contribution in [3.8, 4) is 11.8 Å². The number of rotatable bonds is 3. The Morgan fingerprint density at radius 2 is 2.23 bits per heavy atom. The van der Waals surface area contributed by atoms with Crippen LogP contribution in [0.1, 0.15) is 46.0 Å². The summed E-state index contributed by atoms with van der Waals surface area (Å²) in [5, 5.41) is 0. The molecule has 0 saturated heterocycles. The van der Waals surface area contributed by atoms with Gasteiger partial charge in [-0.3, -0.25) is 4.79 Å². The molecule has 0 radical (unpaired) electrons. The summed E-state index contributed by atoms with van der Waals surface area (Å²) in [5.41, 5.74) is 0. The first-order valence-electron chi connectivity index (χ1n) is 5.20. The molecule has 0 bridgehead atoms. The van der Waals surface area contributed by atoms with Crippen LogP contribution in [0.3, 0.4) is 0 Å². The zero-order valence-electron chi connectivity index (χ0n) is 8.60. The van der Waals surface area contributed by atoms with Crippen LogP contribution in [0.15, 0.2) is 0 Å². The van der Waals surface area contributed by atoms with Crippen molar-refractivity contribution in [2.24, 2.45) is 11.8 Å². The maximum atomic E-state index is 11.6. The third-order valence-corrected chi connectivity index (χ3v) is 3.01. The fourth-order valence-electron chi connectivity index (χ4n) is 2.06. The van der Waals surface area contributed by atoms with Crippen molar-refractivity contribution in [1.82, 2.24) is 0 Å². The predicted octanol–water partition coefficient (Wildman–Crippen LogP) is 2.80. The van der Waals surface area contributed by atoms with E-state index >= 15 is 0 Å². The molecule has 0 heterocycles. The average molecular weight is 178 g/mol. The van der Waals surface area contributed by atoms with E-state index in [-0.39, 0.29) is 0 Å². The highest BCUT2D eigenvalue weighted by Gasteiger charge is 2.27. The molecule has 1 fully saturated rings. The summed E-state index contributed by atoms with van der Waals surface area (Å²) in [6.45, 7) is 4.00. The number of carbonyl (C=O) groups is 1. The minimum Gasteiger partial charge on any atom is -0.298 e. The molecule has 1 nitrogen and oxygen atoms in total. The maximum absolute atomic E-state index is 11.6. The van der Waals surface area contributed by atoms with Gasteiger partial charge in [0.25, 0.3) is 0 Å². The minimum absolute atomic E-state index is 0.325. The third-order valence-electron chi connectivity index (χ3n) is 3.01. The molecule has 0 aromatic rings. The molecule has 0 aromatic carbocycles. The van der Waals surface area contributed by atoms with Gasteiger partial charge in [-0.25, -0.2) is 0 Å². The second-order valence-electron chi connectivity index (χ2n) is 3.85. The summed E-state index contributed by atoms with van der Waals surface area (Å²) < 4.78 is 0. The number of hydrogen-bond donors (Lipinski definition) is 0. The van der Waals surface area contributed by atoms with Gasteiger partial charge in [0.05, 0.1) is 6.42 Å². The van der Waals surface area contributed by atoms with Crippen LogP contribution in [-0.4, -0.2) is 5.78 Å². The molecular formula is C12H18O. The Hall–Kier alpha value is -0.770. The van der Waals surface area contributed by atoms with Gasteiger partial charge in [0, 0.05) is 5.92 Å². The van der Waals surface area contributed by atoms with Crippen LogP contribution in [-0.2, 0) is 4.79 Å². The first kappa shape index (κ1) is 10.3. The first-order chi connectivity index (χ1) is 6.27. The lowest BCUT2D eigenvalue weighted by atomic mass is 9.98. The fourth-order valence-corrected chi connectivity index (χ4v) is 2.06. The lowest BCUT2D eigenvalue weighted by molar-refractivity contribution is -0.121. The van der Waals surface area contributed by atoms with Gasteiger partial charge < -0.3 is 0 Å². The van der Waals surface area contributed by atoms with Gasteiger partial charge in [-0.1, -0.05) is 19.3 Å². The van der Waals surface area contributed by atoms with E-state index in [0.29, 0.717) is 18.1 Å². The van der Waals surface area contributed by atoms with E-state index in [0.717, 1.165) is 18.8 Å². The predicted molar refractivity (Wildman–Crippen MR) is 54.2 cm³/mol. The van der Waals surface area contributed by atoms with Crippen molar-refractivity contribution >= 4 is 5.78 Å². The maximum Gasteiger partial charge on any atom is 0.147 e. The summed E-state index contributed by atoms with van der Waals surface area (Å²) in [6, 6.07) is 0. The second-order valence-corrected chi connectivity index (χ2v) is 3.85. The van der Waals surface area contributed by atoms with Crippen molar-refractivity contribution in [2.75, 3.05) is 0 Å². The van der Waals surface area contributed by atoms with Crippen molar-refractivity contribution in [3.05, 3.63) is 0 Å². The van der Waals surface area contributed by atoms with Crippen LogP contribution in [0.25, 0.3) is 0 Å². The quantitative estimate of drug-likeness (QED) is 0.607. The smallest absolute Gasteiger partial charge is 0.147 e. The monoisotopic (exact) mass is 178 g/mol. The van der Waals surface area contributed by atoms with E-state index < -0.39 is 0 Å². The van der Waals surface area contributed by atoms with Crippen molar-refractivity contribution in [2.45, 2.75) is 46.0 Å². The number of ketones is 1. The molecule has 1 saturated carbocycles. The molecule has 0 amide bonds. The van der Waals surface area contributed by atoms with Crippen LogP contribution in [0.5, 0.6) is 0 Å². The highest BCUT2D eigenvalue weighted by atomic mass is 16.1. The van der Waals surface area contributed by atoms with Crippen molar-refractivity contribution in [1.29, 1.82) is 0 Å². The summed E-state index contributed by atoms with van der Waals surface area (Å²) in [7, 11) is 0. The van der Waals surface area contributed by atoms with E-state index in [4.69, 9.17) is 0 Å². The zero-order chi connectivity index (χ0) is 9.68. The van der Waals surface area contributed by atoms with Crippen LogP contribution < -0.4 is 0 Å². The molecule has 0 aromatic heterocycles. The lowest BCUT2D eigenvalue weighted by Crippen LogP contribution is -2.10. The Balaban J connectivity index is 2.36. The van der Waals surface area contributed by atoms with Crippen molar-refractivity contribution in [3.63, 3.8) is 0 Å². The van der Waals surface area contributed by atoms with Crippen LogP contribution in [0, 0.1) is 23.7 Å². The van der Waals surface area contributed by atoms with E-state index in [1.807, 2.05) is 0 Å². The molecule has 13 heavy (non-hydrogen) atoms. The molecule has 0 N–H and O–H groups in total. The van der Waals surface area contributed by atoms with E-state index in [2.05, 4.69) is 18.8 Å². The SMILES string of the molecule is CC#CCC(=O)C1CCC(CC)C1. The normalized spacial score (nSPS) is 26.6. The Morgan fingerprint density at radius 3 is 2.77 bits per heavy atom. The molecule has 1 aliphatic rings. The lowest BCUT2D eigenvalue weighted by Gasteiger charge is -2.06. The van der Waals surface area contributed by atoms with Crippen LogP contribution >= 0.6 is 0 Å². The Labute approximate surface area is 80.9 Å². The largest absolute Gasteiger partial charge is 0.298 e. The van der Waals surface area contributed by atoms with Gasteiger partial charge in [-0.05, 0) is 32.1 Å². The molecule has 1 heteroatoms. The minimum atomic E-state index is 0.325. The summed E-state index contributed by atoms with van der Waals surface area (Å²) >= 11 is 0. The summed E-state index contributed by atoms with van der Waals surface area (Å²) in [4.78, 5) is 11.6. The molecular weight excluding hydrogens is 160 g/mol. The molecule has 0 spiro atoms. The Morgan fingerprint density at radius 1 is 1.46 bits per heavy atom.